The molecule has 0 spiro atoms. The number of benzene rings is 1. The smallest absolute Gasteiger partial charge is 0.236 e. The van der Waals surface area contributed by atoms with Crippen LogP contribution in [0.15, 0.2) is 28.5 Å². The number of carbonyl (C=O) groups is 1. The van der Waals surface area contributed by atoms with Gasteiger partial charge in [-0.25, -0.2) is 9.37 Å². The molecule has 1 heterocycles. The van der Waals surface area contributed by atoms with Crippen LogP contribution in [-0.4, -0.2) is 16.6 Å². The van der Waals surface area contributed by atoms with E-state index in [4.69, 9.17) is 5.73 Å². The molecule has 0 unspecified atom stereocenters. The van der Waals surface area contributed by atoms with Crippen molar-refractivity contribution in [3.05, 3.63) is 35.1 Å². The van der Waals surface area contributed by atoms with E-state index in [0.29, 0.717) is 15.7 Å². The molecule has 4 nitrogen and oxygen atoms in total. The molecule has 0 radical (unpaired) electrons. The Kier molecular flexibility index (Phi) is 4.39. The summed E-state index contributed by atoms with van der Waals surface area (Å²) in [7, 11) is 0. The number of nitrogens with one attached hydrogen (secondary N) is 1. The third-order valence-electron chi connectivity index (χ3n) is 2.20. The number of hydrogen-bond acceptors (Lipinski definition) is 5. The molecule has 1 aromatic carbocycles. The van der Waals surface area contributed by atoms with Crippen molar-refractivity contribution in [3.63, 3.8) is 0 Å². The van der Waals surface area contributed by atoms with Gasteiger partial charge in [-0.15, -0.1) is 23.1 Å². The first-order valence-corrected chi connectivity index (χ1v) is 7.31. The lowest BCUT2D eigenvalue weighted by molar-refractivity contribution is -0.113. The molecule has 0 saturated carbocycles. The summed E-state index contributed by atoms with van der Waals surface area (Å²) in [4.78, 5) is 16.4. The molecule has 1 aromatic heterocycles. The molecule has 0 bridgehead atoms. The molecular formula is C12H12FN3OS2. The van der Waals surface area contributed by atoms with E-state index in [1.165, 1.54) is 41.3 Å². The first-order valence-electron chi connectivity index (χ1n) is 5.44. The highest BCUT2D eigenvalue weighted by molar-refractivity contribution is 8.00. The van der Waals surface area contributed by atoms with E-state index < -0.39 is 0 Å². The summed E-state index contributed by atoms with van der Waals surface area (Å²) in [6.45, 7) is 1.86. The predicted octanol–water partition coefficient (Wildman–Crippen LogP) is 2.90. The van der Waals surface area contributed by atoms with Crippen LogP contribution in [0.1, 0.15) is 5.69 Å². The van der Waals surface area contributed by atoms with E-state index in [1.54, 1.807) is 0 Å². The first kappa shape index (κ1) is 13.8. The number of thiazole rings is 1. The summed E-state index contributed by atoms with van der Waals surface area (Å²) in [6.07, 6.45) is 0. The molecule has 2 rings (SSSR count). The summed E-state index contributed by atoms with van der Waals surface area (Å²) in [5.74, 6) is -0.401. The number of nitrogens with zero attached hydrogens (tertiary/aromatic N) is 1. The van der Waals surface area contributed by atoms with Crippen LogP contribution in [0.25, 0.3) is 0 Å². The van der Waals surface area contributed by atoms with Gasteiger partial charge in [0.25, 0.3) is 0 Å². The molecule has 100 valence electrons. The van der Waals surface area contributed by atoms with E-state index in [2.05, 4.69) is 10.3 Å². The van der Waals surface area contributed by atoms with Gasteiger partial charge in [0.1, 0.15) is 5.82 Å². The largest absolute Gasteiger partial charge is 0.398 e. The lowest BCUT2D eigenvalue weighted by atomic mass is 10.3. The third kappa shape index (κ3) is 3.93. The van der Waals surface area contributed by atoms with E-state index >= 15 is 0 Å². The van der Waals surface area contributed by atoms with E-state index in [1.807, 2.05) is 12.3 Å². The molecule has 0 saturated heterocycles. The molecule has 0 aliphatic heterocycles. The Hall–Kier alpha value is -1.60. The van der Waals surface area contributed by atoms with Crippen LogP contribution in [0, 0.1) is 12.7 Å². The summed E-state index contributed by atoms with van der Waals surface area (Å²) in [5, 5.41) is 5.10. The maximum atomic E-state index is 13.0. The van der Waals surface area contributed by atoms with Crippen molar-refractivity contribution in [2.24, 2.45) is 0 Å². The van der Waals surface area contributed by atoms with Crippen molar-refractivity contribution in [2.75, 3.05) is 16.8 Å². The molecule has 1 amide bonds. The van der Waals surface area contributed by atoms with Crippen LogP contribution in [0.2, 0.25) is 0 Å². The highest BCUT2D eigenvalue weighted by atomic mass is 32.2. The monoisotopic (exact) mass is 297 g/mol. The van der Waals surface area contributed by atoms with E-state index in [9.17, 15) is 9.18 Å². The lowest BCUT2D eigenvalue weighted by Crippen LogP contribution is -2.14. The zero-order chi connectivity index (χ0) is 13.8. The summed E-state index contributed by atoms with van der Waals surface area (Å²) < 4.78 is 13.0. The van der Waals surface area contributed by atoms with Crippen LogP contribution in [0.4, 0.5) is 15.2 Å². The van der Waals surface area contributed by atoms with E-state index in [-0.39, 0.29) is 17.5 Å². The lowest BCUT2D eigenvalue weighted by Gasteiger charge is -2.05. The number of nitrogens with two attached hydrogens (primary N) is 1. The second-order valence-corrected chi connectivity index (χ2v) is 5.69. The molecule has 7 heteroatoms. The maximum absolute atomic E-state index is 13.0. The Balaban J connectivity index is 1.91. The zero-order valence-electron chi connectivity index (χ0n) is 10.1. The Labute approximate surface area is 118 Å². The Morgan fingerprint density at radius 1 is 1.58 bits per heavy atom. The standard InChI is InChI=1S/C12H12FN3OS2/c1-7-5-19-12(15-7)16-11(17)6-18-10-4-8(13)2-3-9(10)14/h2-5H,6,14H2,1H3,(H,15,16,17). The summed E-state index contributed by atoms with van der Waals surface area (Å²) >= 11 is 2.56. The zero-order valence-corrected chi connectivity index (χ0v) is 11.8. The average molecular weight is 297 g/mol. The van der Waals surface area contributed by atoms with Gasteiger partial charge in [-0.05, 0) is 25.1 Å². The molecule has 2 aromatic rings. The second kappa shape index (κ2) is 6.03. The Morgan fingerprint density at radius 3 is 3.05 bits per heavy atom. The van der Waals surface area contributed by atoms with Crippen molar-refractivity contribution in [1.82, 2.24) is 4.98 Å². The van der Waals surface area contributed by atoms with Gasteiger partial charge in [-0.3, -0.25) is 4.79 Å². The van der Waals surface area contributed by atoms with Crippen LogP contribution in [-0.2, 0) is 4.79 Å². The minimum atomic E-state index is -0.368. The van der Waals surface area contributed by atoms with Gasteiger partial charge in [0.2, 0.25) is 5.91 Å². The number of aryl methyl sites for hydroxylation is 1. The van der Waals surface area contributed by atoms with Crippen LogP contribution >= 0.6 is 23.1 Å². The Morgan fingerprint density at radius 2 is 2.37 bits per heavy atom. The number of carbonyl (C=O) groups excluding carboxylic acids is 1. The summed E-state index contributed by atoms with van der Waals surface area (Å²) in [5.41, 5.74) is 7.03. The molecule has 0 fully saturated rings. The SMILES string of the molecule is Cc1csc(NC(=O)CSc2cc(F)ccc2N)n1. The van der Waals surface area contributed by atoms with Crippen molar-refractivity contribution in [2.45, 2.75) is 11.8 Å². The average Bonchev–Trinajstić information content (AvgIpc) is 2.76. The second-order valence-electron chi connectivity index (χ2n) is 3.81. The van der Waals surface area contributed by atoms with Crippen LogP contribution in [0.5, 0.6) is 0 Å². The number of amides is 1. The number of halogens is 1. The van der Waals surface area contributed by atoms with Crippen LogP contribution < -0.4 is 11.1 Å². The highest BCUT2D eigenvalue weighted by Crippen LogP contribution is 2.26. The molecule has 3 N–H and O–H groups in total. The third-order valence-corrected chi connectivity index (χ3v) is 4.15. The van der Waals surface area contributed by atoms with Gasteiger partial charge >= 0.3 is 0 Å². The van der Waals surface area contributed by atoms with Crippen molar-refractivity contribution >= 4 is 39.8 Å². The quantitative estimate of drug-likeness (QED) is 0.672. The van der Waals surface area contributed by atoms with Crippen molar-refractivity contribution in [1.29, 1.82) is 0 Å². The van der Waals surface area contributed by atoms with Crippen molar-refractivity contribution < 1.29 is 9.18 Å². The normalized spacial score (nSPS) is 10.4. The van der Waals surface area contributed by atoms with Gasteiger partial charge in [0, 0.05) is 16.0 Å². The maximum Gasteiger partial charge on any atom is 0.236 e. The highest BCUT2D eigenvalue weighted by Gasteiger charge is 2.08. The molecular weight excluding hydrogens is 285 g/mol. The van der Waals surface area contributed by atoms with Gasteiger partial charge in [0.15, 0.2) is 5.13 Å². The number of nitrogen functional groups attached to an aromatic ring is 1. The molecule has 19 heavy (non-hydrogen) atoms. The summed E-state index contributed by atoms with van der Waals surface area (Å²) in [6, 6.07) is 4.10. The fraction of sp³-hybridized carbons (Fsp3) is 0.167. The molecule has 0 aliphatic carbocycles. The Bertz CT molecular complexity index is 600. The van der Waals surface area contributed by atoms with Gasteiger partial charge in [-0.1, -0.05) is 0 Å². The number of anilines is 2. The fourth-order valence-electron chi connectivity index (χ4n) is 1.34. The number of hydrogen-bond donors (Lipinski definition) is 2. The van der Waals surface area contributed by atoms with Gasteiger partial charge in [0.05, 0.1) is 11.4 Å². The number of aromatic nitrogens is 1. The minimum absolute atomic E-state index is 0.159. The fourth-order valence-corrected chi connectivity index (χ4v) is 2.84. The predicted molar refractivity (Wildman–Crippen MR) is 77.0 cm³/mol. The number of thioether (sulfide) groups is 1. The van der Waals surface area contributed by atoms with Crippen LogP contribution in [0.3, 0.4) is 0 Å². The first-order chi connectivity index (χ1) is 9.04. The van der Waals surface area contributed by atoms with Gasteiger partial charge in [-0.2, -0.15) is 0 Å². The van der Waals surface area contributed by atoms with Crippen molar-refractivity contribution in [3.8, 4) is 0 Å². The topological polar surface area (TPSA) is 68.0 Å². The van der Waals surface area contributed by atoms with E-state index in [0.717, 1.165) is 5.69 Å². The minimum Gasteiger partial charge on any atom is -0.398 e. The molecule has 0 aliphatic rings. The molecule has 0 atom stereocenters. The number of rotatable bonds is 4. The van der Waals surface area contributed by atoms with Gasteiger partial charge < -0.3 is 11.1 Å².